The van der Waals surface area contributed by atoms with Crippen LogP contribution in [0.1, 0.15) is 0 Å². The maximum atomic E-state index is 10.6. The van der Waals surface area contributed by atoms with Gasteiger partial charge in [0.1, 0.15) is 11.7 Å². The standard InChI is InChI=1S/C5H3Cl2NO.CHN/c6-3-1-5(7)8-2-4(3)9;1-2/h1H,2H2;1H. The Morgan fingerprint density at radius 1 is 1.55 bits per heavy atom. The fraction of sp³-hybridized carbons (Fsp3) is 0.167. The number of hydrogen-bond acceptors (Lipinski definition) is 3. The van der Waals surface area contributed by atoms with Crippen molar-refractivity contribution < 1.29 is 4.79 Å². The van der Waals surface area contributed by atoms with E-state index in [1.165, 1.54) is 6.08 Å². The summed E-state index contributed by atoms with van der Waals surface area (Å²) in [5.41, 5.74) is 0. The highest BCUT2D eigenvalue weighted by atomic mass is 35.5. The van der Waals surface area contributed by atoms with Gasteiger partial charge in [-0.3, -0.25) is 9.79 Å². The van der Waals surface area contributed by atoms with Crippen LogP contribution < -0.4 is 0 Å². The van der Waals surface area contributed by atoms with Gasteiger partial charge in [-0.15, -0.1) is 0 Å². The van der Waals surface area contributed by atoms with Crippen LogP contribution in [0.3, 0.4) is 0 Å². The highest BCUT2D eigenvalue weighted by Gasteiger charge is 2.10. The second-order valence-corrected chi connectivity index (χ2v) is 2.35. The van der Waals surface area contributed by atoms with E-state index in [9.17, 15) is 4.79 Å². The summed E-state index contributed by atoms with van der Waals surface area (Å²) in [7, 11) is 0. The highest BCUT2D eigenvalue weighted by Crippen LogP contribution is 2.09. The van der Waals surface area contributed by atoms with Crippen LogP contribution in [0.2, 0.25) is 0 Å². The molecule has 5 heteroatoms. The van der Waals surface area contributed by atoms with Crippen molar-refractivity contribution in [1.29, 1.82) is 5.26 Å². The molecule has 1 heterocycles. The summed E-state index contributed by atoms with van der Waals surface area (Å²) in [4.78, 5) is 14.2. The van der Waals surface area contributed by atoms with E-state index in [0.717, 1.165) is 0 Å². The molecule has 0 bridgehead atoms. The Kier molecular flexibility index (Phi) is 4.51. The number of carbonyl (C=O) groups excluding carboxylic acids is 1. The van der Waals surface area contributed by atoms with E-state index >= 15 is 0 Å². The number of rotatable bonds is 0. The molecule has 0 amide bonds. The smallest absolute Gasteiger partial charge is 0.195 e. The normalized spacial score (nSPS) is 15.8. The molecule has 0 radical (unpaired) electrons. The fourth-order valence-electron chi connectivity index (χ4n) is 0.454. The number of nitriles is 1. The molecular formula is C6H4Cl2N2O. The molecule has 0 saturated heterocycles. The van der Waals surface area contributed by atoms with Gasteiger partial charge in [-0.05, 0) is 6.08 Å². The van der Waals surface area contributed by atoms with E-state index in [2.05, 4.69) is 11.6 Å². The van der Waals surface area contributed by atoms with Gasteiger partial charge < -0.3 is 0 Å². The summed E-state index contributed by atoms with van der Waals surface area (Å²) < 4.78 is 0. The summed E-state index contributed by atoms with van der Waals surface area (Å²) in [6, 6.07) is 0. The molecule has 1 rings (SSSR count). The van der Waals surface area contributed by atoms with Gasteiger partial charge in [0.25, 0.3) is 0 Å². The number of halogens is 2. The Bertz CT molecular complexity index is 242. The predicted octanol–water partition coefficient (Wildman–Crippen LogP) is 1.47. The number of allylic oxidation sites excluding steroid dienone is 1. The maximum absolute atomic E-state index is 10.6. The first-order chi connectivity index (χ1) is 5.20. The number of carbonyl (C=O) groups is 1. The quantitative estimate of drug-likeness (QED) is 0.582. The molecule has 3 nitrogen and oxygen atoms in total. The average Bonchev–Trinajstić information content (AvgIpc) is 2.02. The molecule has 58 valence electrons. The Hall–Kier alpha value is -0.850. The molecular weight excluding hydrogens is 187 g/mol. The third kappa shape index (κ3) is 3.17. The van der Waals surface area contributed by atoms with Crippen LogP contribution in [0.4, 0.5) is 0 Å². The van der Waals surface area contributed by atoms with E-state index < -0.39 is 0 Å². The summed E-state index contributed by atoms with van der Waals surface area (Å²) in [6.07, 6.45) is 1.34. The van der Waals surface area contributed by atoms with Crippen LogP contribution in [0.15, 0.2) is 16.1 Å². The Labute approximate surface area is 73.9 Å². The van der Waals surface area contributed by atoms with E-state index in [4.69, 9.17) is 28.5 Å². The third-order valence-electron chi connectivity index (χ3n) is 0.886. The molecule has 1 aliphatic rings. The van der Waals surface area contributed by atoms with Gasteiger partial charge in [0, 0.05) is 6.57 Å². The number of hydrogen-bond donors (Lipinski definition) is 0. The van der Waals surface area contributed by atoms with Crippen molar-refractivity contribution in [3.8, 4) is 6.57 Å². The summed E-state index contributed by atoms with van der Waals surface area (Å²) in [6.45, 7) is 3.58. The van der Waals surface area contributed by atoms with Gasteiger partial charge in [0.05, 0.1) is 5.03 Å². The first-order valence-corrected chi connectivity index (χ1v) is 3.32. The van der Waals surface area contributed by atoms with Gasteiger partial charge in [-0.2, -0.15) is 0 Å². The van der Waals surface area contributed by atoms with Crippen molar-refractivity contribution in [2.45, 2.75) is 0 Å². The van der Waals surface area contributed by atoms with Gasteiger partial charge >= 0.3 is 0 Å². The number of Topliss-reactive ketones (excluding diaryl/α,β-unsaturated/α-hetero) is 1. The lowest BCUT2D eigenvalue weighted by Crippen LogP contribution is -2.08. The molecule has 0 N–H and O–H groups in total. The van der Waals surface area contributed by atoms with Crippen LogP contribution in [0.25, 0.3) is 0 Å². The van der Waals surface area contributed by atoms with E-state index in [1.54, 1.807) is 0 Å². The van der Waals surface area contributed by atoms with Crippen molar-refractivity contribution in [2.75, 3.05) is 6.54 Å². The molecule has 0 fully saturated rings. The summed E-state index contributed by atoms with van der Waals surface area (Å²) in [5, 5.41) is 6.95. The summed E-state index contributed by atoms with van der Waals surface area (Å²) >= 11 is 10.8. The lowest BCUT2D eigenvalue weighted by atomic mass is 10.3. The molecule has 1 aliphatic heterocycles. The number of ketones is 1. The van der Waals surface area contributed by atoms with Gasteiger partial charge in [-0.25, -0.2) is 5.26 Å². The third-order valence-corrected chi connectivity index (χ3v) is 1.43. The highest BCUT2D eigenvalue weighted by molar-refractivity contribution is 6.70. The molecule has 0 aromatic heterocycles. The van der Waals surface area contributed by atoms with Crippen LogP contribution >= 0.6 is 23.2 Å². The van der Waals surface area contributed by atoms with E-state index in [1.807, 2.05) is 0 Å². The predicted molar refractivity (Wildman–Crippen MR) is 43.8 cm³/mol. The van der Waals surface area contributed by atoms with Crippen molar-refractivity contribution in [3.63, 3.8) is 0 Å². The second-order valence-electron chi connectivity index (χ2n) is 1.55. The molecule has 0 spiro atoms. The van der Waals surface area contributed by atoms with Crippen molar-refractivity contribution >= 4 is 34.2 Å². The SMILES string of the molecule is C#N.O=C1CN=C(Cl)C=C1Cl. The molecule has 0 aromatic carbocycles. The van der Waals surface area contributed by atoms with Gasteiger partial charge in [-0.1, -0.05) is 23.2 Å². The maximum Gasteiger partial charge on any atom is 0.195 e. The number of aliphatic imine (C=N–C) groups is 1. The monoisotopic (exact) mass is 190 g/mol. The zero-order valence-electron chi connectivity index (χ0n) is 5.42. The zero-order chi connectivity index (χ0) is 8.85. The molecule has 0 saturated carbocycles. The molecule has 0 aliphatic carbocycles. The molecule has 0 unspecified atom stereocenters. The minimum Gasteiger partial charge on any atom is -0.291 e. The average molecular weight is 191 g/mol. The number of dihydropyridines is 1. The largest absolute Gasteiger partial charge is 0.291 e. The number of nitrogens with zero attached hydrogens (tertiary/aromatic N) is 2. The van der Waals surface area contributed by atoms with Crippen LogP contribution in [0, 0.1) is 11.8 Å². The first kappa shape index (κ1) is 10.2. The minimum absolute atomic E-state index is 0.0775. The van der Waals surface area contributed by atoms with Crippen LogP contribution in [-0.2, 0) is 4.79 Å². The lowest BCUT2D eigenvalue weighted by molar-refractivity contribution is -0.113. The van der Waals surface area contributed by atoms with Crippen molar-refractivity contribution in [1.82, 2.24) is 0 Å². The molecule has 0 atom stereocenters. The van der Waals surface area contributed by atoms with E-state index in [-0.39, 0.29) is 17.4 Å². The van der Waals surface area contributed by atoms with Crippen molar-refractivity contribution in [2.24, 2.45) is 4.99 Å². The second kappa shape index (κ2) is 4.89. The minimum atomic E-state index is -0.180. The van der Waals surface area contributed by atoms with Crippen molar-refractivity contribution in [3.05, 3.63) is 11.1 Å². The Morgan fingerprint density at radius 2 is 2.09 bits per heavy atom. The lowest BCUT2D eigenvalue weighted by Gasteiger charge is -1.99. The summed E-state index contributed by atoms with van der Waals surface area (Å²) in [5.74, 6) is -0.180. The molecule has 11 heavy (non-hydrogen) atoms. The van der Waals surface area contributed by atoms with E-state index in [0.29, 0.717) is 5.17 Å². The first-order valence-electron chi connectivity index (χ1n) is 2.56. The molecule has 0 aromatic rings. The fourth-order valence-corrected chi connectivity index (χ4v) is 0.841. The van der Waals surface area contributed by atoms with Crippen LogP contribution in [-0.4, -0.2) is 17.5 Å². The van der Waals surface area contributed by atoms with Gasteiger partial charge in [0.2, 0.25) is 0 Å². The van der Waals surface area contributed by atoms with Gasteiger partial charge in [0.15, 0.2) is 5.78 Å². The Morgan fingerprint density at radius 3 is 2.45 bits per heavy atom. The van der Waals surface area contributed by atoms with Crippen LogP contribution in [0.5, 0.6) is 0 Å². The topological polar surface area (TPSA) is 53.2 Å². The zero-order valence-corrected chi connectivity index (χ0v) is 6.93. The Balaban J connectivity index is 0.000000461.